The first-order chi connectivity index (χ1) is 10.4. The van der Waals surface area contributed by atoms with Gasteiger partial charge in [-0.1, -0.05) is 23.7 Å². The predicted octanol–water partition coefficient (Wildman–Crippen LogP) is 3.68. The Hall–Kier alpha value is -0.820. The smallest absolute Gasteiger partial charge is 0.372 e. The van der Waals surface area contributed by atoms with E-state index < -0.39 is 12.8 Å². The van der Waals surface area contributed by atoms with E-state index in [1.165, 1.54) is 0 Å². The standard InChI is InChI=1S/C15H19ClF3NO2/c16-13-4-2-12(3-5-13)14-10-20(7-9-22-14)6-1-8-21-11-15(17,18)19/h2-5,14H,1,6-11H2. The number of hydrogen-bond acceptors (Lipinski definition) is 3. The molecule has 0 saturated carbocycles. The van der Waals surface area contributed by atoms with Crippen LogP contribution in [0.25, 0.3) is 0 Å². The summed E-state index contributed by atoms with van der Waals surface area (Å²) in [6.07, 6.45) is -3.70. The van der Waals surface area contributed by atoms with Gasteiger partial charge in [-0.05, 0) is 24.1 Å². The van der Waals surface area contributed by atoms with Crippen LogP contribution in [0, 0.1) is 0 Å². The van der Waals surface area contributed by atoms with Crippen LogP contribution in [0.1, 0.15) is 18.1 Å². The zero-order valence-electron chi connectivity index (χ0n) is 12.1. The van der Waals surface area contributed by atoms with Crippen molar-refractivity contribution in [2.75, 3.05) is 39.5 Å². The van der Waals surface area contributed by atoms with Gasteiger partial charge in [0.2, 0.25) is 0 Å². The molecular formula is C15H19ClF3NO2. The molecule has 0 amide bonds. The van der Waals surface area contributed by atoms with Gasteiger partial charge in [-0.15, -0.1) is 0 Å². The van der Waals surface area contributed by atoms with E-state index in [0.29, 0.717) is 24.6 Å². The number of halogens is 4. The molecule has 0 radical (unpaired) electrons. The summed E-state index contributed by atoms with van der Waals surface area (Å²) in [4.78, 5) is 2.18. The molecular weight excluding hydrogens is 319 g/mol. The van der Waals surface area contributed by atoms with Crippen molar-refractivity contribution in [2.24, 2.45) is 0 Å². The maximum atomic E-state index is 11.9. The van der Waals surface area contributed by atoms with Crippen LogP contribution < -0.4 is 0 Å². The molecule has 0 aliphatic carbocycles. The topological polar surface area (TPSA) is 21.7 Å². The van der Waals surface area contributed by atoms with E-state index in [1.807, 2.05) is 24.3 Å². The highest BCUT2D eigenvalue weighted by Gasteiger charge is 2.27. The van der Waals surface area contributed by atoms with E-state index in [0.717, 1.165) is 18.7 Å². The van der Waals surface area contributed by atoms with Crippen molar-refractivity contribution in [3.8, 4) is 0 Å². The van der Waals surface area contributed by atoms with E-state index in [-0.39, 0.29) is 12.7 Å². The predicted molar refractivity (Wildman–Crippen MR) is 78.1 cm³/mol. The van der Waals surface area contributed by atoms with Crippen molar-refractivity contribution >= 4 is 11.6 Å². The lowest BCUT2D eigenvalue weighted by Crippen LogP contribution is -2.39. The Morgan fingerprint density at radius 2 is 2.00 bits per heavy atom. The third-order valence-electron chi connectivity index (χ3n) is 3.42. The van der Waals surface area contributed by atoms with Gasteiger partial charge in [0.15, 0.2) is 0 Å². The summed E-state index contributed by atoms with van der Waals surface area (Å²) in [6.45, 7) is 1.75. The Kier molecular flexibility index (Phi) is 6.50. The van der Waals surface area contributed by atoms with E-state index in [4.69, 9.17) is 16.3 Å². The van der Waals surface area contributed by atoms with Crippen LogP contribution in [0.5, 0.6) is 0 Å². The summed E-state index contributed by atoms with van der Waals surface area (Å²) >= 11 is 5.86. The first-order valence-corrected chi connectivity index (χ1v) is 7.56. The molecule has 2 rings (SSSR count). The molecule has 0 N–H and O–H groups in total. The van der Waals surface area contributed by atoms with Gasteiger partial charge < -0.3 is 9.47 Å². The fourth-order valence-electron chi connectivity index (χ4n) is 2.36. The van der Waals surface area contributed by atoms with E-state index in [9.17, 15) is 13.2 Å². The number of hydrogen-bond donors (Lipinski definition) is 0. The summed E-state index contributed by atoms with van der Waals surface area (Å²) < 4.78 is 46.2. The molecule has 7 heteroatoms. The zero-order chi connectivity index (χ0) is 16.0. The minimum absolute atomic E-state index is 0.0258. The molecule has 1 aliphatic rings. The Morgan fingerprint density at radius 1 is 1.27 bits per heavy atom. The van der Waals surface area contributed by atoms with Crippen LogP contribution in [0.3, 0.4) is 0 Å². The van der Waals surface area contributed by atoms with Crippen molar-refractivity contribution in [2.45, 2.75) is 18.7 Å². The van der Waals surface area contributed by atoms with Gasteiger partial charge in [-0.2, -0.15) is 13.2 Å². The first kappa shape index (κ1) is 17.5. The molecule has 1 unspecified atom stereocenters. The van der Waals surface area contributed by atoms with Crippen molar-refractivity contribution in [1.82, 2.24) is 4.90 Å². The Balaban J connectivity index is 1.71. The summed E-state index contributed by atoms with van der Waals surface area (Å²) in [5, 5.41) is 0.679. The van der Waals surface area contributed by atoms with Crippen LogP contribution in [-0.4, -0.2) is 50.5 Å². The minimum atomic E-state index is -4.25. The quantitative estimate of drug-likeness (QED) is 0.739. The lowest BCUT2D eigenvalue weighted by Gasteiger charge is -2.33. The second-order valence-corrected chi connectivity index (χ2v) is 5.67. The Bertz CT molecular complexity index is 453. The zero-order valence-corrected chi connectivity index (χ0v) is 12.9. The van der Waals surface area contributed by atoms with Crippen LogP contribution in [0.4, 0.5) is 13.2 Å². The largest absolute Gasteiger partial charge is 0.411 e. The van der Waals surface area contributed by atoms with Crippen LogP contribution in [-0.2, 0) is 9.47 Å². The average molecular weight is 338 g/mol. The summed E-state index contributed by atoms with van der Waals surface area (Å²) in [6, 6.07) is 7.51. The van der Waals surface area contributed by atoms with Crippen molar-refractivity contribution < 1.29 is 22.6 Å². The number of ether oxygens (including phenoxy) is 2. The summed E-state index contributed by atoms with van der Waals surface area (Å²) in [5.41, 5.74) is 1.06. The first-order valence-electron chi connectivity index (χ1n) is 7.18. The maximum Gasteiger partial charge on any atom is 0.411 e. The minimum Gasteiger partial charge on any atom is -0.372 e. The second-order valence-electron chi connectivity index (χ2n) is 5.23. The molecule has 124 valence electrons. The van der Waals surface area contributed by atoms with Gasteiger partial charge in [0.25, 0.3) is 0 Å². The maximum absolute atomic E-state index is 11.9. The molecule has 0 aromatic heterocycles. The number of alkyl halides is 3. The normalized spacial score (nSPS) is 20.3. The van der Waals surface area contributed by atoms with Gasteiger partial charge in [-0.25, -0.2) is 0 Å². The Morgan fingerprint density at radius 3 is 2.68 bits per heavy atom. The molecule has 22 heavy (non-hydrogen) atoms. The third-order valence-corrected chi connectivity index (χ3v) is 3.67. The van der Waals surface area contributed by atoms with Crippen LogP contribution in [0.2, 0.25) is 5.02 Å². The van der Waals surface area contributed by atoms with Gasteiger partial charge in [-0.3, -0.25) is 4.90 Å². The number of nitrogens with zero attached hydrogens (tertiary/aromatic N) is 1. The van der Waals surface area contributed by atoms with E-state index in [2.05, 4.69) is 9.64 Å². The molecule has 1 aromatic carbocycles. The van der Waals surface area contributed by atoms with Gasteiger partial charge in [0.1, 0.15) is 6.61 Å². The van der Waals surface area contributed by atoms with E-state index >= 15 is 0 Å². The highest BCUT2D eigenvalue weighted by Crippen LogP contribution is 2.23. The Labute approximate surface area is 132 Å². The molecule has 0 spiro atoms. The third kappa shape index (κ3) is 6.12. The van der Waals surface area contributed by atoms with Gasteiger partial charge in [0, 0.05) is 31.3 Å². The second kappa shape index (κ2) is 8.15. The molecule has 1 saturated heterocycles. The molecule has 3 nitrogen and oxygen atoms in total. The van der Waals surface area contributed by atoms with Crippen LogP contribution in [0.15, 0.2) is 24.3 Å². The number of benzene rings is 1. The fraction of sp³-hybridized carbons (Fsp3) is 0.600. The highest BCUT2D eigenvalue weighted by molar-refractivity contribution is 6.30. The van der Waals surface area contributed by atoms with E-state index in [1.54, 1.807) is 0 Å². The SMILES string of the molecule is FC(F)(F)COCCCN1CCOC(c2ccc(Cl)cc2)C1. The summed E-state index contributed by atoms with van der Waals surface area (Å²) in [5.74, 6) is 0. The van der Waals surface area contributed by atoms with Crippen molar-refractivity contribution in [1.29, 1.82) is 0 Å². The number of morpholine rings is 1. The molecule has 1 fully saturated rings. The highest BCUT2D eigenvalue weighted by atomic mass is 35.5. The molecule has 1 aromatic rings. The van der Waals surface area contributed by atoms with Crippen molar-refractivity contribution in [3.05, 3.63) is 34.9 Å². The molecule has 1 heterocycles. The van der Waals surface area contributed by atoms with Crippen molar-refractivity contribution in [3.63, 3.8) is 0 Å². The lowest BCUT2D eigenvalue weighted by atomic mass is 10.1. The van der Waals surface area contributed by atoms with Gasteiger partial charge in [0.05, 0.1) is 12.7 Å². The number of rotatable bonds is 6. The molecule has 1 atom stereocenters. The van der Waals surface area contributed by atoms with Gasteiger partial charge >= 0.3 is 6.18 Å². The average Bonchev–Trinajstić information content (AvgIpc) is 2.47. The lowest BCUT2D eigenvalue weighted by molar-refractivity contribution is -0.174. The fourth-order valence-corrected chi connectivity index (χ4v) is 2.49. The van der Waals surface area contributed by atoms with Crippen LogP contribution >= 0.6 is 11.6 Å². The molecule has 0 bridgehead atoms. The monoisotopic (exact) mass is 337 g/mol. The molecule has 1 aliphatic heterocycles. The summed E-state index contributed by atoms with van der Waals surface area (Å²) in [7, 11) is 0.